The van der Waals surface area contributed by atoms with Gasteiger partial charge in [0.05, 0.1) is 0 Å². The fraction of sp³-hybridized carbons (Fsp3) is 0.375. The summed E-state index contributed by atoms with van der Waals surface area (Å²) < 4.78 is 0. The maximum absolute atomic E-state index is 6.15. The van der Waals surface area contributed by atoms with Gasteiger partial charge >= 0.3 is 0 Å². The van der Waals surface area contributed by atoms with Crippen molar-refractivity contribution in [1.82, 2.24) is 9.97 Å². The SMILES string of the molecule is CCc1c(Cl)nc(-c2ccc(CC(C)C)cc2)nc1Cl. The predicted molar refractivity (Wildman–Crippen MR) is 85.4 cm³/mol. The molecule has 0 radical (unpaired) electrons. The van der Waals surface area contributed by atoms with Gasteiger partial charge in [-0.05, 0) is 24.3 Å². The Balaban J connectivity index is 2.32. The molecule has 0 amide bonds. The Morgan fingerprint density at radius 2 is 1.55 bits per heavy atom. The van der Waals surface area contributed by atoms with Crippen LogP contribution >= 0.6 is 23.2 Å². The van der Waals surface area contributed by atoms with Crippen molar-refractivity contribution in [2.24, 2.45) is 5.92 Å². The third-order valence-corrected chi connectivity index (χ3v) is 3.74. The highest BCUT2D eigenvalue weighted by Gasteiger charge is 2.11. The Bertz CT molecular complexity index is 569. The van der Waals surface area contributed by atoms with E-state index >= 15 is 0 Å². The molecule has 0 fully saturated rings. The second-order valence-corrected chi connectivity index (χ2v) is 5.97. The highest BCUT2D eigenvalue weighted by atomic mass is 35.5. The molecular formula is C16H18Cl2N2. The molecule has 0 aliphatic heterocycles. The molecule has 2 rings (SSSR count). The van der Waals surface area contributed by atoms with E-state index < -0.39 is 0 Å². The van der Waals surface area contributed by atoms with Gasteiger partial charge < -0.3 is 0 Å². The Morgan fingerprint density at radius 3 is 2.00 bits per heavy atom. The lowest BCUT2D eigenvalue weighted by Gasteiger charge is -2.08. The van der Waals surface area contributed by atoms with Gasteiger partial charge in [0, 0.05) is 11.1 Å². The lowest BCUT2D eigenvalue weighted by molar-refractivity contribution is 0.647. The summed E-state index contributed by atoms with van der Waals surface area (Å²) in [7, 11) is 0. The number of halogens is 2. The minimum atomic E-state index is 0.439. The van der Waals surface area contributed by atoms with Crippen molar-refractivity contribution >= 4 is 23.2 Å². The number of hydrogen-bond donors (Lipinski definition) is 0. The first-order chi connectivity index (χ1) is 9.51. The Hall–Kier alpha value is -1.12. The molecule has 106 valence electrons. The van der Waals surface area contributed by atoms with Crippen molar-refractivity contribution in [3.8, 4) is 11.4 Å². The lowest BCUT2D eigenvalue weighted by Crippen LogP contribution is -1.97. The Kier molecular flexibility index (Phi) is 5.00. The predicted octanol–water partition coefficient (Wildman–Crippen LogP) is 5.21. The first kappa shape index (κ1) is 15.3. The van der Waals surface area contributed by atoms with E-state index in [1.165, 1.54) is 5.56 Å². The van der Waals surface area contributed by atoms with Gasteiger partial charge in [-0.2, -0.15) is 0 Å². The van der Waals surface area contributed by atoms with Crippen LogP contribution in [0, 0.1) is 5.92 Å². The van der Waals surface area contributed by atoms with E-state index in [0.29, 0.717) is 22.0 Å². The van der Waals surface area contributed by atoms with E-state index in [0.717, 1.165) is 24.0 Å². The van der Waals surface area contributed by atoms with Crippen LogP contribution in [0.2, 0.25) is 10.3 Å². The molecule has 0 bridgehead atoms. The molecule has 2 nitrogen and oxygen atoms in total. The molecule has 0 spiro atoms. The summed E-state index contributed by atoms with van der Waals surface area (Å²) in [6, 6.07) is 8.25. The largest absolute Gasteiger partial charge is 0.216 e. The maximum Gasteiger partial charge on any atom is 0.162 e. The molecule has 1 aromatic heterocycles. The number of rotatable bonds is 4. The van der Waals surface area contributed by atoms with Gasteiger partial charge in [-0.1, -0.05) is 68.2 Å². The van der Waals surface area contributed by atoms with E-state index in [-0.39, 0.29) is 0 Å². The number of aromatic nitrogens is 2. The van der Waals surface area contributed by atoms with E-state index in [1.807, 2.05) is 19.1 Å². The van der Waals surface area contributed by atoms with Crippen LogP contribution in [0.15, 0.2) is 24.3 Å². The zero-order valence-corrected chi connectivity index (χ0v) is 13.5. The fourth-order valence-electron chi connectivity index (χ4n) is 2.11. The van der Waals surface area contributed by atoms with Gasteiger partial charge in [0.2, 0.25) is 0 Å². The smallest absolute Gasteiger partial charge is 0.162 e. The number of nitrogens with zero attached hydrogens (tertiary/aromatic N) is 2. The topological polar surface area (TPSA) is 25.8 Å². The molecule has 0 aliphatic rings. The van der Waals surface area contributed by atoms with Crippen molar-refractivity contribution in [2.45, 2.75) is 33.6 Å². The quantitative estimate of drug-likeness (QED) is 0.724. The van der Waals surface area contributed by atoms with Gasteiger partial charge in [0.1, 0.15) is 10.3 Å². The molecule has 0 saturated carbocycles. The molecule has 0 aliphatic carbocycles. The minimum absolute atomic E-state index is 0.439. The van der Waals surface area contributed by atoms with E-state index in [4.69, 9.17) is 23.2 Å². The van der Waals surface area contributed by atoms with Crippen LogP contribution in [0.3, 0.4) is 0 Å². The molecule has 1 heterocycles. The lowest BCUT2D eigenvalue weighted by atomic mass is 10.0. The Labute approximate surface area is 130 Å². The zero-order valence-electron chi connectivity index (χ0n) is 12.0. The van der Waals surface area contributed by atoms with Gasteiger partial charge in [-0.15, -0.1) is 0 Å². The van der Waals surface area contributed by atoms with E-state index in [2.05, 4.69) is 35.9 Å². The summed E-state index contributed by atoms with van der Waals surface area (Å²) in [6.45, 7) is 6.40. The van der Waals surface area contributed by atoms with Gasteiger partial charge in [0.25, 0.3) is 0 Å². The van der Waals surface area contributed by atoms with Gasteiger partial charge in [-0.3, -0.25) is 0 Å². The molecule has 20 heavy (non-hydrogen) atoms. The molecule has 0 atom stereocenters. The summed E-state index contributed by atoms with van der Waals surface area (Å²) in [4.78, 5) is 8.67. The van der Waals surface area contributed by atoms with Crippen LogP contribution in [0.4, 0.5) is 0 Å². The summed E-state index contributed by atoms with van der Waals surface area (Å²) in [5.74, 6) is 1.22. The van der Waals surface area contributed by atoms with Crippen LogP contribution in [-0.4, -0.2) is 9.97 Å². The first-order valence-electron chi connectivity index (χ1n) is 6.82. The fourth-order valence-corrected chi connectivity index (χ4v) is 2.77. The zero-order chi connectivity index (χ0) is 14.7. The van der Waals surface area contributed by atoms with Gasteiger partial charge in [0.15, 0.2) is 5.82 Å². The highest BCUT2D eigenvalue weighted by Crippen LogP contribution is 2.26. The average Bonchev–Trinajstić information content (AvgIpc) is 2.38. The van der Waals surface area contributed by atoms with Crippen molar-refractivity contribution in [2.75, 3.05) is 0 Å². The minimum Gasteiger partial charge on any atom is -0.216 e. The highest BCUT2D eigenvalue weighted by molar-refractivity contribution is 6.34. The molecule has 0 N–H and O–H groups in total. The Morgan fingerprint density at radius 1 is 1.00 bits per heavy atom. The molecule has 0 unspecified atom stereocenters. The molecule has 2 aromatic rings. The molecule has 0 saturated heterocycles. The van der Waals surface area contributed by atoms with E-state index in [1.54, 1.807) is 0 Å². The van der Waals surface area contributed by atoms with Crippen molar-refractivity contribution in [3.63, 3.8) is 0 Å². The molecule has 4 heteroatoms. The normalized spacial score (nSPS) is 11.1. The van der Waals surface area contributed by atoms with Crippen LogP contribution in [0.1, 0.15) is 31.9 Å². The summed E-state index contributed by atoms with van der Waals surface area (Å²) in [6.07, 6.45) is 1.79. The number of hydrogen-bond acceptors (Lipinski definition) is 2. The second-order valence-electron chi connectivity index (χ2n) is 5.26. The second kappa shape index (κ2) is 6.55. The van der Waals surface area contributed by atoms with Crippen molar-refractivity contribution in [1.29, 1.82) is 0 Å². The standard InChI is InChI=1S/C16H18Cl2N2/c1-4-13-14(17)19-16(20-15(13)18)12-7-5-11(6-8-12)9-10(2)3/h5-8,10H,4,9H2,1-3H3. The van der Waals surface area contributed by atoms with E-state index in [9.17, 15) is 0 Å². The van der Waals surface area contributed by atoms with Crippen molar-refractivity contribution < 1.29 is 0 Å². The van der Waals surface area contributed by atoms with Gasteiger partial charge in [-0.25, -0.2) is 9.97 Å². The van der Waals surface area contributed by atoms with Crippen LogP contribution in [-0.2, 0) is 12.8 Å². The molecule has 1 aromatic carbocycles. The monoisotopic (exact) mass is 308 g/mol. The average molecular weight is 309 g/mol. The van der Waals surface area contributed by atoms with Crippen LogP contribution in [0.5, 0.6) is 0 Å². The summed E-state index contributed by atoms with van der Waals surface area (Å²) >= 11 is 12.3. The van der Waals surface area contributed by atoms with Crippen LogP contribution < -0.4 is 0 Å². The maximum atomic E-state index is 6.15. The summed E-state index contributed by atoms with van der Waals surface area (Å²) in [5, 5.41) is 0.877. The van der Waals surface area contributed by atoms with Crippen molar-refractivity contribution in [3.05, 3.63) is 45.7 Å². The third-order valence-electron chi connectivity index (χ3n) is 3.12. The third kappa shape index (κ3) is 3.50. The number of benzene rings is 1. The van der Waals surface area contributed by atoms with Crippen LogP contribution in [0.25, 0.3) is 11.4 Å². The molecular weight excluding hydrogens is 291 g/mol. The summed E-state index contributed by atoms with van der Waals surface area (Å²) in [5.41, 5.74) is 3.04. The first-order valence-corrected chi connectivity index (χ1v) is 7.58.